The highest BCUT2D eigenvalue weighted by atomic mass is 32.2. The summed E-state index contributed by atoms with van der Waals surface area (Å²) in [5.41, 5.74) is 8.69. The molecule has 36 heavy (non-hydrogen) atoms. The first-order valence-corrected chi connectivity index (χ1v) is 12.6. The number of thioether (sulfide) groups is 1. The maximum Gasteiger partial charge on any atom is 0.250 e. The van der Waals surface area contributed by atoms with Crippen LogP contribution in [0.5, 0.6) is 11.5 Å². The van der Waals surface area contributed by atoms with Gasteiger partial charge in [0.25, 0.3) is 0 Å². The van der Waals surface area contributed by atoms with E-state index in [1.807, 2.05) is 62.4 Å². The number of rotatable bonds is 9. The molecule has 0 unspecified atom stereocenters. The van der Waals surface area contributed by atoms with Gasteiger partial charge in [0, 0.05) is 16.0 Å². The van der Waals surface area contributed by atoms with Crippen LogP contribution in [0.3, 0.4) is 0 Å². The normalized spacial score (nSPS) is 11.1. The number of nitrogens with one attached hydrogen (secondary N) is 1. The quantitative estimate of drug-likeness (QED) is 0.174. The van der Waals surface area contributed by atoms with Crippen molar-refractivity contribution in [2.75, 3.05) is 12.9 Å². The van der Waals surface area contributed by atoms with E-state index in [-0.39, 0.29) is 11.7 Å². The van der Waals surface area contributed by atoms with Gasteiger partial charge in [-0.25, -0.2) is 5.43 Å². The number of nitrogens with zero attached hydrogens (tertiary/aromatic N) is 2. The lowest BCUT2D eigenvalue weighted by atomic mass is 10.1. The Morgan fingerprint density at radius 2 is 1.75 bits per heavy atom. The van der Waals surface area contributed by atoms with E-state index in [4.69, 9.17) is 9.47 Å². The van der Waals surface area contributed by atoms with E-state index >= 15 is 0 Å². The Bertz CT molecular complexity index is 1400. The molecule has 3 aromatic carbocycles. The summed E-state index contributed by atoms with van der Waals surface area (Å²) in [5.74, 6) is 1.31. The standard InChI is InChI=1S/C29H29N3O3S/c1-19-5-8-22(9-6-19)17-35-26-12-10-23(15-27(26)34-4)16-30-32-29(33)18-36-28-14-21(3)31-25-11-7-20(2)13-24(25)28/h5-16H,17-18H2,1-4H3,(H,32,33)/b30-16+. The Morgan fingerprint density at radius 3 is 2.53 bits per heavy atom. The number of carbonyl (C=O) groups excluding carboxylic acids is 1. The van der Waals surface area contributed by atoms with Crippen molar-refractivity contribution < 1.29 is 14.3 Å². The summed E-state index contributed by atoms with van der Waals surface area (Å²) >= 11 is 1.48. The Kier molecular flexibility index (Phi) is 8.23. The van der Waals surface area contributed by atoms with Crippen molar-refractivity contribution in [3.05, 3.63) is 94.7 Å². The molecule has 0 bridgehead atoms. The predicted molar refractivity (Wildman–Crippen MR) is 146 cm³/mol. The van der Waals surface area contributed by atoms with Gasteiger partial charge in [0.05, 0.1) is 24.6 Å². The Labute approximate surface area is 215 Å². The highest BCUT2D eigenvalue weighted by molar-refractivity contribution is 8.00. The molecule has 0 atom stereocenters. The van der Waals surface area contributed by atoms with Crippen molar-refractivity contribution in [3.63, 3.8) is 0 Å². The molecule has 0 radical (unpaired) electrons. The van der Waals surface area contributed by atoms with Gasteiger partial charge in [-0.15, -0.1) is 11.8 Å². The Hall–Kier alpha value is -3.84. The van der Waals surface area contributed by atoms with Crippen molar-refractivity contribution in [3.8, 4) is 11.5 Å². The highest BCUT2D eigenvalue weighted by Gasteiger charge is 2.09. The number of amides is 1. The molecule has 1 aromatic heterocycles. The maximum absolute atomic E-state index is 12.4. The van der Waals surface area contributed by atoms with E-state index in [1.54, 1.807) is 13.3 Å². The number of benzene rings is 3. The zero-order valence-electron chi connectivity index (χ0n) is 20.9. The van der Waals surface area contributed by atoms with Crippen molar-refractivity contribution in [1.29, 1.82) is 0 Å². The lowest BCUT2D eigenvalue weighted by Crippen LogP contribution is -2.19. The summed E-state index contributed by atoms with van der Waals surface area (Å²) in [7, 11) is 1.60. The molecule has 6 nitrogen and oxygen atoms in total. The van der Waals surface area contributed by atoms with Crippen molar-refractivity contribution >= 4 is 34.8 Å². The van der Waals surface area contributed by atoms with Crippen LogP contribution in [-0.2, 0) is 11.4 Å². The smallest absolute Gasteiger partial charge is 0.250 e. The molecule has 7 heteroatoms. The van der Waals surface area contributed by atoms with Gasteiger partial charge >= 0.3 is 0 Å². The van der Waals surface area contributed by atoms with Gasteiger partial charge in [0.15, 0.2) is 11.5 Å². The van der Waals surface area contributed by atoms with Gasteiger partial charge in [0.1, 0.15) is 6.61 Å². The summed E-state index contributed by atoms with van der Waals surface area (Å²) in [6.07, 6.45) is 1.59. The summed E-state index contributed by atoms with van der Waals surface area (Å²) in [6.45, 7) is 6.51. The monoisotopic (exact) mass is 499 g/mol. The first-order chi connectivity index (χ1) is 17.4. The van der Waals surface area contributed by atoms with E-state index in [0.29, 0.717) is 18.1 Å². The molecule has 0 saturated carbocycles. The molecular formula is C29H29N3O3S. The molecule has 0 fully saturated rings. The largest absolute Gasteiger partial charge is 0.493 e. The fraction of sp³-hybridized carbons (Fsp3) is 0.207. The van der Waals surface area contributed by atoms with Crippen LogP contribution in [0.2, 0.25) is 0 Å². The number of carbonyl (C=O) groups is 1. The van der Waals surface area contributed by atoms with Crippen LogP contribution in [0.4, 0.5) is 0 Å². The summed E-state index contributed by atoms with van der Waals surface area (Å²) < 4.78 is 11.4. The molecule has 1 N–H and O–H groups in total. The van der Waals surface area contributed by atoms with E-state index in [2.05, 4.69) is 40.6 Å². The molecule has 1 amide bonds. The number of aromatic nitrogens is 1. The SMILES string of the molecule is COc1cc(/C=N/NC(=O)CSc2cc(C)nc3ccc(C)cc23)ccc1OCc1ccc(C)cc1. The van der Waals surface area contributed by atoms with Gasteiger partial charge in [-0.2, -0.15) is 5.10 Å². The van der Waals surface area contributed by atoms with Crippen LogP contribution >= 0.6 is 11.8 Å². The molecule has 0 aliphatic carbocycles. The maximum atomic E-state index is 12.4. The lowest BCUT2D eigenvalue weighted by Gasteiger charge is -2.11. The van der Waals surface area contributed by atoms with Gasteiger partial charge in [0.2, 0.25) is 5.91 Å². The minimum atomic E-state index is -0.184. The summed E-state index contributed by atoms with van der Waals surface area (Å²) in [6, 6.07) is 21.9. The third-order valence-corrected chi connectivity index (χ3v) is 6.57. The number of aryl methyl sites for hydroxylation is 3. The van der Waals surface area contributed by atoms with Crippen LogP contribution in [0.25, 0.3) is 10.9 Å². The second-order valence-electron chi connectivity index (χ2n) is 8.55. The van der Waals surface area contributed by atoms with E-state index < -0.39 is 0 Å². The van der Waals surface area contributed by atoms with Crippen LogP contribution < -0.4 is 14.9 Å². The minimum Gasteiger partial charge on any atom is -0.493 e. The van der Waals surface area contributed by atoms with E-state index in [9.17, 15) is 4.79 Å². The second kappa shape index (κ2) is 11.7. The number of hydrogen-bond donors (Lipinski definition) is 1. The molecule has 0 spiro atoms. The van der Waals surface area contributed by atoms with Gasteiger partial charge in [-0.3, -0.25) is 9.78 Å². The third-order valence-electron chi connectivity index (χ3n) is 5.52. The summed E-state index contributed by atoms with van der Waals surface area (Å²) in [4.78, 5) is 18.0. The molecule has 4 rings (SSSR count). The zero-order valence-corrected chi connectivity index (χ0v) is 21.7. The number of fused-ring (bicyclic) bond motifs is 1. The molecule has 1 heterocycles. The van der Waals surface area contributed by atoms with E-state index in [0.717, 1.165) is 38.2 Å². The van der Waals surface area contributed by atoms with E-state index in [1.165, 1.54) is 17.3 Å². The number of hydrogen-bond acceptors (Lipinski definition) is 6. The topological polar surface area (TPSA) is 72.8 Å². The lowest BCUT2D eigenvalue weighted by molar-refractivity contribution is -0.118. The number of pyridine rings is 1. The average molecular weight is 500 g/mol. The number of ether oxygens (including phenoxy) is 2. The molecule has 0 aliphatic rings. The predicted octanol–water partition coefficient (Wildman–Crippen LogP) is 5.99. The molecule has 4 aromatic rings. The van der Waals surface area contributed by atoms with Crippen molar-refractivity contribution in [2.24, 2.45) is 5.10 Å². The zero-order chi connectivity index (χ0) is 25.5. The Balaban J connectivity index is 1.33. The van der Waals surface area contributed by atoms with Crippen LogP contribution in [0, 0.1) is 20.8 Å². The first kappa shape index (κ1) is 25.3. The van der Waals surface area contributed by atoms with Crippen molar-refractivity contribution in [1.82, 2.24) is 10.4 Å². The first-order valence-electron chi connectivity index (χ1n) is 11.6. The van der Waals surface area contributed by atoms with Crippen molar-refractivity contribution in [2.45, 2.75) is 32.3 Å². The highest BCUT2D eigenvalue weighted by Crippen LogP contribution is 2.29. The molecule has 184 valence electrons. The van der Waals surface area contributed by atoms with Crippen LogP contribution in [-0.4, -0.2) is 30.0 Å². The van der Waals surface area contributed by atoms with Crippen LogP contribution in [0.15, 0.2) is 76.7 Å². The van der Waals surface area contributed by atoms with Crippen LogP contribution in [0.1, 0.15) is 27.9 Å². The fourth-order valence-corrected chi connectivity index (χ4v) is 4.56. The molecule has 0 saturated heterocycles. The van der Waals surface area contributed by atoms with Gasteiger partial charge in [-0.1, -0.05) is 41.5 Å². The minimum absolute atomic E-state index is 0.184. The third kappa shape index (κ3) is 6.64. The number of methoxy groups -OCH3 is 1. The molecular weight excluding hydrogens is 470 g/mol. The number of hydrazone groups is 1. The summed E-state index contributed by atoms with van der Waals surface area (Å²) in [5, 5.41) is 5.16. The average Bonchev–Trinajstić information content (AvgIpc) is 2.87. The van der Waals surface area contributed by atoms with Gasteiger partial charge < -0.3 is 9.47 Å². The van der Waals surface area contributed by atoms with Gasteiger partial charge in [-0.05, 0) is 68.3 Å². The Morgan fingerprint density at radius 1 is 0.972 bits per heavy atom. The second-order valence-corrected chi connectivity index (χ2v) is 9.57. The molecule has 0 aliphatic heterocycles. The fourth-order valence-electron chi connectivity index (χ4n) is 3.64.